The molecule has 0 atom stereocenters. The highest BCUT2D eigenvalue weighted by atomic mass is 15.1. The minimum atomic E-state index is 0.723. The van der Waals surface area contributed by atoms with Crippen LogP contribution in [-0.4, -0.2) is 14.4 Å². The molecule has 5 nitrogen and oxygen atoms in total. The maximum absolute atomic E-state index is 5.99. The topological polar surface area (TPSA) is 68.2 Å². The SMILES string of the molecule is Nc1cccc(-c2nc3cnccn3c2Nc2ccc3c(c2)CCC3)c1. The molecule has 2 aromatic heterocycles. The van der Waals surface area contributed by atoms with Crippen LogP contribution >= 0.6 is 0 Å². The van der Waals surface area contributed by atoms with Crippen LogP contribution in [0.25, 0.3) is 16.9 Å². The van der Waals surface area contributed by atoms with E-state index in [2.05, 4.69) is 28.5 Å². The van der Waals surface area contributed by atoms with E-state index in [1.165, 1.54) is 24.0 Å². The highest BCUT2D eigenvalue weighted by Crippen LogP contribution is 2.33. The molecule has 4 aromatic rings. The van der Waals surface area contributed by atoms with E-state index >= 15 is 0 Å². The number of nitrogen functional groups attached to an aromatic ring is 1. The Kier molecular flexibility index (Phi) is 3.38. The van der Waals surface area contributed by atoms with Crippen LogP contribution < -0.4 is 11.1 Å². The lowest BCUT2D eigenvalue weighted by Gasteiger charge is -2.11. The average molecular weight is 341 g/mol. The largest absolute Gasteiger partial charge is 0.399 e. The third-order valence-corrected chi connectivity index (χ3v) is 4.95. The van der Waals surface area contributed by atoms with E-state index in [-0.39, 0.29) is 0 Å². The van der Waals surface area contributed by atoms with Gasteiger partial charge in [0, 0.05) is 29.3 Å². The van der Waals surface area contributed by atoms with Crippen LogP contribution in [0, 0.1) is 0 Å². The summed E-state index contributed by atoms with van der Waals surface area (Å²) < 4.78 is 2.03. The Morgan fingerprint density at radius 1 is 1.04 bits per heavy atom. The quantitative estimate of drug-likeness (QED) is 0.548. The van der Waals surface area contributed by atoms with Gasteiger partial charge in [-0.3, -0.25) is 9.38 Å². The predicted molar refractivity (Wildman–Crippen MR) is 105 cm³/mol. The molecular formula is C21H19N5. The molecule has 0 radical (unpaired) electrons. The molecule has 0 aliphatic heterocycles. The molecule has 0 unspecified atom stereocenters. The molecule has 5 heteroatoms. The number of imidazole rings is 1. The highest BCUT2D eigenvalue weighted by Gasteiger charge is 2.16. The lowest BCUT2D eigenvalue weighted by atomic mass is 10.1. The second-order valence-corrected chi connectivity index (χ2v) is 6.70. The van der Waals surface area contributed by atoms with Crippen LogP contribution in [0.3, 0.4) is 0 Å². The number of nitrogens with two attached hydrogens (primary N) is 1. The number of benzene rings is 2. The Hall–Kier alpha value is -3.34. The molecule has 0 saturated heterocycles. The van der Waals surface area contributed by atoms with Crippen LogP contribution in [0.2, 0.25) is 0 Å². The summed E-state index contributed by atoms with van der Waals surface area (Å²) in [6.07, 6.45) is 9.05. The van der Waals surface area contributed by atoms with Crippen molar-refractivity contribution in [1.82, 2.24) is 14.4 Å². The van der Waals surface area contributed by atoms with Crippen LogP contribution in [0.15, 0.2) is 61.1 Å². The van der Waals surface area contributed by atoms with Crippen molar-refractivity contribution in [2.75, 3.05) is 11.1 Å². The Bertz CT molecular complexity index is 1110. The third kappa shape index (κ3) is 2.49. The number of nitrogens with zero attached hydrogens (tertiary/aromatic N) is 3. The first-order valence-electron chi connectivity index (χ1n) is 8.85. The van der Waals surface area contributed by atoms with Gasteiger partial charge in [-0.25, -0.2) is 4.98 Å². The van der Waals surface area contributed by atoms with Gasteiger partial charge < -0.3 is 11.1 Å². The van der Waals surface area contributed by atoms with E-state index in [0.717, 1.165) is 40.5 Å². The zero-order chi connectivity index (χ0) is 17.5. The average Bonchev–Trinajstić information content (AvgIpc) is 3.26. The summed E-state index contributed by atoms with van der Waals surface area (Å²) in [6.45, 7) is 0. The van der Waals surface area contributed by atoms with E-state index in [0.29, 0.717) is 0 Å². The minimum Gasteiger partial charge on any atom is -0.399 e. The van der Waals surface area contributed by atoms with Gasteiger partial charge in [-0.2, -0.15) is 0 Å². The second-order valence-electron chi connectivity index (χ2n) is 6.70. The van der Waals surface area contributed by atoms with Gasteiger partial charge in [0.25, 0.3) is 0 Å². The van der Waals surface area contributed by atoms with Crippen LogP contribution in [0.5, 0.6) is 0 Å². The van der Waals surface area contributed by atoms with E-state index < -0.39 is 0 Å². The van der Waals surface area contributed by atoms with Crippen LogP contribution in [0.4, 0.5) is 17.2 Å². The van der Waals surface area contributed by atoms with Gasteiger partial charge in [0.1, 0.15) is 11.5 Å². The van der Waals surface area contributed by atoms with E-state index in [1.807, 2.05) is 34.9 Å². The summed E-state index contributed by atoms with van der Waals surface area (Å²) in [5.74, 6) is 0.922. The Labute approximate surface area is 151 Å². The van der Waals surface area contributed by atoms with Gasteiger partial charge in [-0.05, 0) is 54.7 Å². The summed E-state index contributed by atoms with van der Waals surface area (Å²) in [6, 6.07) is 14.4. The first-order chi connectivity index (χ1) is 12.8. The van der Waals surface area contributed by atoms with Gasteiger partial charge >= 0.3 is 0 Å². The summed E-state index contributed by atoms with van der Waals surface area (Å²) in [5, 5.41) is 3.58. The smallest absolute Gasteiger partial charge is 0.157 e. The van der Waals surface area contributed by atoms with Gasteiger partial charge in [-0.15, -0.1) is 0 Å². The number of hydrogen-bond donors (Lipinski definition) is 2. The maximum atomic E-state index is 5.99. The molecule has 128 valence electrons. The Balaban J connectivity index is 1.65. The molecule has 5 rings (SSSR count). The molecule has 3 N–H and O–H groups in total. The third-order valence-electron chi connectivity index (χ3n) is 4.95. The number of aromatic nitrogens is 3. The molecule has 1 aliphatic rings. The van der Waals surface area contributed by atoms with Crippen molar-refractivity contribution in [2.45, 2.75) is 19.3 Å². The van der Waals surface area contributed by atoms with Crippen LogP contribution in [-0.2, 0) is 12.8 Å². The molecule has 2 heterocycles. The predicted octanol–water partition coefficient (Wildman–Crippen LogP) is 4.21. The molecule has 1 aliphatic carbocycles. The van der Waals surface area contributed by atoms with Gasteiger partial charge in [0.2, 0.25) is 0 Å². The highest BCUT2D eigenvalue weighted by molar-refractivity contribution is 5.80. The number of rotatable bonds is 3. The first kappa shape index (κ1) is 15.0. The van der Waals surface area contributed by atoms with Crippen molar-refractivity contribution in [3.8, 4) is 11.3 Å². The molecule has 0 bridgehead atoms. The fourth-order valence-corrected chi connectivity index (χ4v) is 3.70. The Morgan fingerprint density at radius 3 is 2.88 bits per heavy atom. The molecule has 26 heavy (non-hydrogen) atoms. The summed E-state index contributed by atoms with van der Waals surface area (Å²) >= 11 is 0. The molecule has 0 fully saturated rings. The summed E-state index contributed by atoms with van der Waals surface area (Å²) in [4.78, 5) is 8.97. The van der Waals surface area contributed by atoms with Crippen molar-refractivity contribution in [2.24, 2.45) is 0 Å². The van der Waals surface area contributed by atoms with Gasteiger partial charge in [0.15, 0.2) is 5.65 Å². The number of fused-ring (bicyclic) bond motifs is 2. The summed E-state index contributed by atoms with van der Waals surface area (Å²) in [5.41, 5.74) is 13.3. The lowest BCUT2D eigenvalue weighted by molar-refractivity contribution is 0.912. The van der Waals surface area contributed by atoms with Gasteiger partial charge in [0.05, 0.1) is 6.20 Å². The fraction of sp³-hybridized carbons (Fsp3) is 0.143. The monoisotopic (exact) mass is 341 g/mol. The van der Waals surface area contributed by atoms with Gasteiger partial charge in [-0.1, -0.05) is 18.2 Å². The standard InChI is InChI=1S/C21H19N5/c22-17-6-2-5-16(11-17)20-21(26-10-9-23-13-19(26)25-20)24-18-8-7-14-3-1-4-15(14)12-18/h2,5-13,24H,1,3-4,22H2. The van der Waals surface area contributed by atoms with Crippen molar-refractivity contribution in [3.05, 3.63) is 72.2 Å². The molecule has 0 amide bonds. The lowest BCUT2D eigenvalue weighted by Crippen LogP contribution is -1.98. The normalized spacial score (nSPS) is 13.1. The van der Waals surface area contributed by atoms with Crippen molar-refractivity contribution in [3.63, 3.8) is 0 Å². The molecule has 0 spiro atoms. The second kappa shape index (κ2) is 5.88. The molecule has 0 saturated carbocycles. The fourth-order valence-electron chi connectivity index (χ4n) is 3.70. The minimum absolute atomic E-state index is 0.723. The molecule has 2 aromatic carbocycles. The Morgan fingerprint density at radius 2 is 1.96 bits per heavy atom. The van der Waals surface area contributed by atoms with E-state index in [9.17, 15) is 0 Å². The zero-order valence-electron chi connectivity index (χ0n) is 14.3. The summed E-state index contributed by atoms with van der Waals surface area (Å²) in [7, 11) is 0. The first-order valence-corrected chi connectivity index (χ1v) is 8.85. The van der Waals surface area contributed by atoms with Crippen molar-refractivity contribution < 1.29 is 0 Å². The van der Waals surface area contributed by atoms with Crippen molar-refractivity contribution >= 4 is 22.8 Å². The maximum Gasteiger partial charge on any atom is 0.157 e. The van der Waals surface area contributed by atoms with E-state index in [4.69, 9.17) is 10.7 Å². The van der Waals surface area contributed by atoms with E-state index in [1.54, 1.807) is 12.4 Å². The number of anilines is 3. The number of hydrogen-bond acceptors (Lipinski definition) is 4. The van der Waals surface area contributed by atoms with Crippen LogP contribution in [0.1, 0.15) is 17.5 Å². The number of nitrogens with one attached hydrogen (secondary N) is 1. The molecular weight excluding hydrogens is 322 g/mol. The number of aryl methyl sites for hydroxylation is 2. The van der Waals surface area contributed by atoms with Crippen molar-refractivity contribution in [1.29, 1.82) is 0 Å². The zero-order valence-corrected chi connectivity index (χ0v) is 14.3.